The van der Waals surface area contributed by atoms with Crippen LogP contribution in [0.5, 0.6) is 0 Å². The molecule has 3 nitrogen and oxygen atoms in total. The maximum Gasteiger partial charge on any atom is 0.255 e. The van der Waals surface area contributed by atoms with Crippen molar-refractivity contribution >= 4 is 0 Å². The van der Waals surface area contributed by atoms with E-state index < -0.39 is 0 Å². The molecule has 0 spiro atoms. The maximum atomic E-state index is 11.7. The van der Waals surface area contributed by atoms with Gasteiger partial charge in [-0.3, -0.25) is 4.79 Å². The minimum Gasteiger partial charge on any atom is -0.326 e. The molecule has 1 aromatic rings. The summed E-state index contributed by atoms with van der Waals surface area (Å²) in [5, 5.41) is 0. The van der Waals surface area contributed by atoms with E-state index in [0.717, 1.165) is 13.0 Å². The molecule has 78 valence electrons. The molecule has 0 aliphatic heterocycles. The van der Waals surface area contributed by atoms with Crippen LogP contribution in [0.25, 0.3) is 0 Å². The van der Waals surface area contributed by atoms with E-state index in [0.29, 0.717) is 18.0 Å². The molecule has 0 amide bonds. The molecule has 0 saturated heterocycles. The molecular formula is C11H18N2O. The molecule has 1 aromatic heterocycles. The number of hydrogen-bond donors (Lipinski definition) is 1. The van der Waals surface area contributed by atoms with Crippen molar-refractivity contribution in [2.45, 2.75) is 33.4 Å². The Labute approximate surface area is 84.6 Å². The van der Waals surface area contributed by atoms with Crippen LogP contribution in [-0.2, 0) is 13.1 Å². The molecular weight excluding hydrogens is 176 g/mol. The second-order valence-electron chi connectivity index (χ2n) is 3.92. The summed E-state index contributed by atoms with van der Waals surface area (Å²) in [7, 11) is 0. The molecule has 14 heavy (non-hydrogen) atoms. The Morgan fingerprint density at radius 1 is 1.50 bits per heavy atom. The predicted octanol–water partition coefficient (Wildman–Crippen LogP) is 1.35. The molecule has 1 rings (SSSR count). The second-order valence-corrected chi connectivity index (χ2v) is 3.92. The van der Waals surface area contributed by atoms with Crippen molar-refractivity contribution in [2.75, 3.05) is 0 Å². The van der Waals surface area contributed by atoms with Gasteiger partial charge in [-0.1, -0.05) is 19.9 Å². The molecule has 1 heterocycles. The number of nitrogens with zero attached hydrogens (tertiary/aromatic N) is 1. The van der Waals surface area contributed by atoms with Crippen LogP contribution in [0.3, 0.4) is 0 Å². The quantitative estimate of drug-likeness (QED) is 0.786. The summed E-state index contributed by atoms with van der Waals surface area (Å²) in [5.74, 6) is 0.614. The number of hydrogen-bond acceptors (Lipinski definition) is 2. The lowest BCUT2D eigenvalue weighted by atomic mass is 10.1. The molecule has 0 atom stereocenters. The highest BCUT2D eigenvalue weighted by Crippen LogP contribution is 2.01. The number of rotatable bonds is 4. The lowest BCUT2D eigenvalue weighted by Gasteiger charge is -2.08. The standard InChI is InChI=1S/C11H18N2O/c1-9(2)5-7-13-6-3-4-10(8-12)11(13)14/h3-4,6,9H,5,7-8,12H2,1-2H3. The molecule has 0 aliphatic carbocycles. The number of aromatic nitrogens is 1. The van der Waals surface area contributed by atoms with E-state index in [-0.39, 0.29) is 5.56 Å². The van der Waals surface area contributed by atoms with E-state index in [1.54, 1.807) is 10.6 Å². The molecule has 0 bridgehead atoms. The van der Waals surface area contributed by atoms with Crippen LogP contribution in [-0.4, -0.2) is 4.57 Å². The zero-order valence-electron chi connectivity index (χ0n) is 8.86. The van der Waals surface area contributed by atoms with Crippen LogP contribution < -0.4 is 11.3 Å². The van der Waals surface area contributed by atoms with Crippen molar-refractivity contribution in [1.82, 2.24) is 4.57 Å². The summed E-state index contributed by atoms with van der Waals surface area (Å²) in [5.41, 5.74) is 6.20. The van der Waals surface area contributed by atoms with Gasteiger partial charge in [0.1, 0.15) is 0 Å². The van der Waals surface area contributed by atoms with Crippen LogP contribution in [0.4, 0.5) is 0 Å². The Balaban J connectivity index is 2.82. The lowest BCUT2D eigenvalue weighted by molar-refractivity contribution is 0.506. The van der Waals surface area contributed by atoms with Crippen LogP contribution in [0.15, 0.2) is 23.1 Å². The third-order valence-electron chi connectivity index (χ3n) is 2.27. The number of nitrogens with two attached hydrogens (primary N) is 1. The highest BCUT2D eigenvalue weighted by Gasteiger charge is 2.01. The van der Waals surface area contributed by atoms with E-state index in [1.165, 1.54) is 0 Å². The second kappa shape index (κ2) is 4.96. The van der Waals surface area contributed by atoms with Gasteiger partial charge in [0.05, 0.1) is 0 Å². The summed E-state index contributed by atoms with van der Waals surface area (Å²) >= 11 is 0. The van der Waals surface area contributed by atoms with Gasteiger partial charge in [-0.2, -0.15) is 0 Å². The van der Waals surface area contributed by atoms with Gasteiger partial charge in [0.25, 0.3) is 5.56 Å². The van der Waals surface area contributed by atoms with Gasteiger partial charge in [-0.05, 0) is 18.4 Å². The molecule has 0 fully saturated rings. The van der Waals surface area contributed by atoms with Gasteiger partial charge in [0, 0.05) is 24.8 Å². The van der Waals surface area contributed by atoms with E-state index in [1.807, 2.05) is 12.3 Å². The highest BCUT2D eigenvalue weighted by atomic mass is 16.1. The molecule has 0 aromatic carbocycles. The Bertz CT molecular complexity index is 341. The van der Waals surface area contributed by atoms with Gasteiger partial charge >= 0.3 is 0 Å². The minimum atomic E-state index is 0.0515. The van der Waals surface area contributed by atoms with Crippen LogP contribution in [0.1, 0.15) is 25.8 Å². The fraction of sp³-hybridized carbons (Fsp3) is 0.545. The Hall–Kier alpha value is -1.09. The average molecular weight is 194 g/mol. The van der Waals surface area contributed by atoms with Crippen molar-refractivity contribution in [3.05, 3.63) is 34.2 Å². The SMILES string of the molecule is CC(C)CCn1cccc(CN)c1=O. The van der Waals surface area contributed by atoms with E-state index >= 15 is 0 Å². The molecule has 0 unspecified atom stereocenters. The molecule has 2 N–H and O–H groups in total. The summed E-state index contributed by atoms with van der Waals surface area (Å²) in [6.45, 7) is 5.40. The fourth-order valence-electron chi connectivity index (χ4n) is 1.32. The van der Waals surface area contributed by atoms with Crippen LogP contribution >= 0.6 is 0 Å². The van der Waals surface area contributed by atoms with E-state index in [4.69, 9.17) is 5.73 Å². The van der Waals surface area contributed by atoms with Crippen molar-refractivity contribution in [2.24, 2.45) is 11.7 Å². The summed E-state index contributed by atoms with van der Waals surface area (Å²) in [6, 6.07) is 3.66. The molecule has 0 radical (unpaired) electrons. The van der Waals surface area contributed by atoms with E-state index in [2.05, 4.69) is 13.8 Å². The number of pyridine rings is 1. The average Bonchev–Trinajstić information content (AvgIpc) is 2.16. The predicted molar refractivity (Wildman–Crippen MR) is 58.0 cm³/mol. The van der Waals surface area contributed by atoms with Gasteiger partial charge in [0.15, 0.2) is 0 Å². The van der Waals surface area contributed by atoms with Crippen molar-refractivity contribution in [1.29, 1.82) is 0 Å². The van der Waals surface area contributed by atoms with Crippen LogP contribution in [0.2, 0.25) is 0 Å². The van der Waals surface area contributed by atoms with Gasteiger partial charge in [-0.25, -0.2) is 0 Å². The third kappa shape index (κ3) is 2.70. The molecule has 0 aliphatic rings. The summed E-state index contributed by atoms with van der Waals surface area (Å²) < 4.78 is 1.74. The fourth-order valence-corrected chi connectivity index (χ4v) is 1.32. The zero-order valence-corrected chi connectivity index (χ0v) is 8.86. The molecule has 3 heteroatoms. The minimum absolute atomic E-state index is 0.0515. The first kappa shape index (κ1) is 11.0. The van der Waals surface area contributed by atoms with Gasteiger partial charge in [-0.15, -0.1) is 0 Å². The van der Waals surface area contributed by atoms with E-state index in [9.17, 15) is 4.79 Å². The summed E-state index contributed by atoms with van der Waals surface area (Å²) in [6.07, 6.45) is 2.85. The topological polar surface area (TPSA) is 48.0 Å². The zero-order chi connectivity index (χ0) is 10.6. The largest absolute Gasteiger partial charge is 0.326 e. The highest BCUT2D eigenvalue weighted by molar-refractivity contribution is 5.09. The first-order chi connectivity index (χ1) is 6.65. The molecule has 0 saturated carbocycles. The Morgan fingerprint density at radius 3 is 2.79 bits per heavy atom. The van der Waals surface area contributed by atoms with Crippen molar-refractivity contribution < 1.29 is 0 Å². The smallest absolute Gasteiger partial charge is 0.255 e. The first-order valence-electron chi connectivity index (χ1n) is 5.03. The lowest BCUT2D eigenvalue weighted by Crippen LogP contribution is -2.25. The van der Waals surface area contributed by atoms with Crippen molar-refractivity contribution in [3.63, 3.8) is 0 Å². The maximum absolute atomic E-state index is 11.7. The van der Waals surface area contributed by atoms with Gasteiger partial charge < -0.3 is 10.3 Å². The summed E-state index contributed by atoms with van der Waals surface area (Å²) in [4.78, 5) is 11.7. The van der Waals surface area contributed by atoms with Crippen molar-refractivity contribution in [3.8, 4) is 0 Å². The third-order valence-corrected chi connectivity index (χ3v) is 2.27. The normalized spacial score (nSPS) is 10.9. The first-order valence-corrected chi connectivity index (χ1v) is 5.03. The Morgan fingerprint density at radius 2 is 2.21 bits per heavy atom. The Kier molecular flexibility index (Phi) is 3.89. The van der Waals surface area contributed by atoms with Gasteiger partial charge in [0.2, 0.25) is 0 Å². The van der Waals surface area contributed by atoms with Crippen LogP contribution in [0, 0.1) is 5.92 Å². The monoisotopic (exact) mass is 194 g/mol. The number of aryl methyl sites for hydroxylation is 1.